The molecule has 0 atom stereocenters. The van der Waals surface area contributed by atoms with E-state index >= 15 is 0 Å². The molecular weight excluding hydrogens is 344 g/mol. The van der Waals surface area contributed by atoms with E-state index < -0.39 is 0 Å². The topological polar surface area (TPSA) is 55.1 Å². The molecule has 2 rings (SSSR count). The predicted octanol–water partition coefficient (Wildman–Crippen LogP) is 6.63. The van der Waals surface area contributed by atoms with Gasteiger partial charge >= 0.3 is 0 Å². The monoisotopic (exact) mass is 392 g/mol. The van der Waals surface area contributed by atoms with E-state index in [9.17, 15) is 4.79 Å². The first-order chi connectivity index (χ1) is 13.6. The molecule has 0 heterocycles. The lowest BCUT2D eigenvalue weighted by Gasteiger charge is -2.57. The molecule has 2 saturated carbocycles. The standard InChI is InChI=1S/C25H48N2O/c1-2-3-4-5-6-7-8-9-10-11-12-13-14-15-16-17-24(28)27-23-20-25(21-23)18-22(26)19-25/h22-23H,2-21,26H2,1H3,(H,27,28). The quantitative estimate of drug-likeness (QED) is 0.273. The van der Waals surface area contributed by atoms with Crippen molar-refractivity contribution in [2.45, 2.75) is 147 Å². The van der Waals surface area contributed by atoms with Crippen molar-refractivity contribution < 1.29 is 4.79 Å². The minimum atomic E-state index is 0.276. The molecule has 2 aliphatic carbocycles. The zero-order chi connectivity index (χ0) is 20.1. The van der Waals surface area contributed by atoms with Gasteiger partial charge in [-0.25, -0.2) is 0 Å². The molecule has 28 heavy (non-hydrogen) atoms. The summed E-state index contributed by atoms with van der Waals surface area (Å²) in [5.74, 6) is 0.276. The van der Waals surface area contributed by atoms with Crippen molar-refractivity contribution in [3.05, 3.63) is 0 Å². The van der Waals surface area contributed by atoms with Crippen molar-refractivity contribution in [1.29, 1.82) is 0 Å². The van der Waals surface area contributed by atoms with E-state index in [2.05, 4.69) is 12.2 Å². The Labute approximate surface area is 175 Å². The third-order valence-electron chi connectivity index (χ3n) is 7.12. The van der Waals surface area contributed by atoms with Crippen molar-refractivity contribution in [2.75, 3.05) is 0 Å². The van der Waals surface area contributed by atoms with Gasteiger partial charge in [0.25, 0.3) is 0 Å². The van der Waals surface area contributed by atoms with Crippen molar-refractivity contribution >= 4 is 5.91 Å². The zero-order valence-corrected chi connectivity index (χ0v) is 18.8. The Balaban J connectivity index is 1.26. The number of nitrogens with one attached hydrogen (secondary N) is 1. The highest BCUT2D eigenvalue weighted by atomic mass is 16.1. The first-order valence-corrected chi connectivity index (χ1v) is 12.7. The molecule has 0 aromatic carbocycles. The van der Waals surface area contributed by atoms with Crippen LogP contribution in [0.5, 0.6) is 0 Å². The van der Waals surface area contributed by atoms with E-state index in [4.69, 9.17) is 5.73 Å². The highest BCUT2D eigenvalue weighted by molar-refractivity contribution is 5.76. The highest BCUT2D eigenvalue weighted by Crippen LogP contribution is 2.55. The van der Waals surface area contributed by atoms with Gasteiger partial charge in [-0.15, -0.1) is 0 Å². The van der Waals surface area contributed by atoms with Crippen LogP contribution in [-0.2, 0) is 4.79 Å². The maximum absolute atomic E-state index is 12.0. The minimum absolute atomic E-state index is 0.276. The minimum Gasteiger partial charge on any atom is -0.353 e. The smallest absolute Gasteiger partial charge is 0.220 e. The summed E-state index contributed by atoms with van der Waals surface area (Å²) in [6.45, 7) is 2.29. The van der Waals surface area contributed by atoms with Gasteiger partial charge in [0.15, 0.2) is 0 Å². The SMILES string of the molecule is CCCCCCCCCCCCCCCCCC(=O)NC1CC2(CC(N)C2)C1. The van der Waals surface area contributed by atoms with Crippen molar-refractivity contribution in [3.8, 4) is 0 Å². The normalized spacial score (nSPS) is 26.1. The Bertz CT molecular complexity index is 409. The Morgan fingerprint density at radius 3 is 1.61 bits per heavy atom. The average Bonchev–Trinajstić information content (AvgIpc) is 2.62. The summed E-state index contributed by atoms with van der Waals surface area (Å²) < 4.78 is 0. The fraction of sp³-hybridized carbons (Fsp3) is 0.960. The number of rotatable bonds is 17. The van der Waals surface area contributed by atoms with Crippen LogP contribution < -0.4 is 11.1 Å². The third kappa shape index (κ3) is 9.29. The molecule has 3 heteroatoms. The predicted molar refractivity (Wildman–Crippen MR) is 120 cm³/mol. The molecule has 0 aromatic rings. The number of carbonyl (C=O) groups excluding carboxylic acids is 1. The summed E-state index contributed by atoms with van der Waals surface area (Å²) >= 11 is 0. The average molecular weight is 393 g/mol. The molecule has 3 nitrogen and oxygen atoms in total. The van der Waals surface area contributed by atoms with Gasteiger partial charge in [-0.1, -0.05) is 96.8 Å². The molecule has 0 aliphatic heterocycles. The molecule has 2 aliphatic rings. The Kier molecular flexibility index (Phi) is 11.5. The summed E-state index contributed by atoms with van der Waals surface area (Å²) in [5.41, 5.74) is 6.41. The largest absolute Gasteiger partial charge is 0.353 e. The van der Waals surface area contributed by atoms with E-state index in [0.717, 1.165) is 12.8 Å². The van der Waals surface area contributed by atoms with Crippen molar-refractivity contribution in [1.82, 2.24) is 5.32 Å². The van der Waals surface area contributed by atoms with Crippen molar-refractivity contribution in [3.63, 3.8) is 0 Å². The van der Waals surface area contributed by atoms with Crippen molar-refractivity contribution in [2.24, 2.45) is 11.1 Å². The molecular formula is C25H48N2O. The number of hydrogen-bond donors (Lipinski definition) is 2. The highest BCUT2D eigenvalue weighted by Gasteiger charge is 2.51. The van der Waals surface area contributed by atoms with Crippen LogP contribution >= 0.6 is 0 Å². The molecule has 0 unspecified atom stereocenters. The summed E-state index contributed by atoms with van der Waals surface area (Å²) in [6.07, 6.45) is 26.0. The van der Waals surface area contributed by atoms with Crippen LogP contribution in [0.15, 0.2) is 0 Å². The maximum atomic E-state index is 12.0. The number of amides is 1. The second-order valence-corrected chi connectivity index (χ2v) is 10.0. The fourth-order valence-electron chi connectivity index (χ4n) is 5.43. The van der Waals surface area contributed by atoms with E-state index in [1.807, 2.05) is 0 Å². The first-order valence-electron chi connectivity index (χ1n) is 12.7. The van der Waals surface area contributed by atoms with Gasteiger partial charge in [-0.3, -0.25) is 4.79 Å². The number of unbranched alkanes of at least 4 members (excludes halogenated alkanes) is 14. The third-order valence-corrected chi connectivity index (χ3v) is 7.12. The molecule has 0 bridgehead atoms. The lowest BCUT2D eigenvalue weighted by Crippen LogP contribution is -2.59. The van der Waals surface area contributed by atoms with Crippen LogP contribution in [0.4, 0.5) is 0 Å². The second kappa shape index (κ2) is 13.6. The Morgan fingerprint density at radius 1 is 0.750 bits per heavy atom. The summed E-state index contributed by atoms with van der Waals surface area (Å²) in [5, 5.41) is 3.22. The van der Waals surface area contributed by atoms with E-state index in [1.165, 1.54) is 116 Å². The molecule has 3 N–H and O–H groups in total. The van der Waals surface area contributed by atoms with E-state index in [1.54, 1.807) is 0 Å². The summed E-state index contributed by atoms with van der Waals surface area (Å²) in [6, 6.07) is 0.869. The Morgan fingerprint density at radius 2 is 1.18 bits per heavy atom. The molecule has 1 amide bonds. The number of hydrogen-bond acceptors (Lipinski definition) is 2. The molecule has 0 radical (unpaired) electrons. The first kappa shape index (κ1) is 23.7. The molecule has 164 valence electrons. The maximum Gasteiger partial charge on any atom is 0.220 e. The Hall–Kier alpha value is -0.570. The lowest BCUT2D eigenvalue weighted by molar-refractivity contribution is -0.124. The van der Waals surface area contributed by atoms with Gasteiger partial charge in [0.2, 0.25) is 5.91 Å². The second-order valence-electron chi connectivity index (χ2n) is 10.0. The van der Waals surface area contributed by atoms with Gasteiger partial charge in [0, 0.05) is 18.5 Å². The fourth-order valence-corrected chi connectivity index (χ4v) is 5.43. The van der Waals surface area contributed by atoms with E-state index in [-0.39, 0.29) is 5.91 Å². The molecule has 2 fully saturated rings. The van der Waals surface area contributed by atoms with E-state index in [0.29, 0.717) is 17.5 Å². The summed E-state index contributed by atoms with van der Waals surface area (Å²) in [4.78, 5) is 12.0. The van der Waals surface area contributed by atoms with Crippen LogP contribution in [0.25, 0.3) is 0 Å². The van der Waals surface area contributed by atoms with Crippen LogP contribution in [0.2, 0.25) is 0 Å². The van der Waals surface area contributed by atoms with Gasteiger partial charge in [-0.05, 0) is 37.5 Å². The number of nitrogens with two attached hydrogens (primary N) is 1. The van der Waals surface area contributed by atoms with Gasteiger partial charge in [-0.2, -0.15) is 0 Å². The van der Waals surface area contributed by atoms with Crippen LogP contribution in [0.3, 0.4) is 0 Å². The zero-order valence-electron chi connectivity index (χ0n) is 18.8. The molecule has 0 saturated heterocycles. The molecule has 0 aromatic heterocycles. The van der Waals surface area contributed by atoms with Gasteiger partial charge < -0.3 is 11.1 Å². The van der Waals surface area contributed by atoms with Gasteiger partial charge in [0.05, 0.1) is 0 Å². The molecule has 1 spiro atoms. The summed E-state index contributed by atoms with van der Waals surface area (Å²) in [7, 11) is 0. The number of carbonyl (C=O) groups is 1. The van der Waals surface area contributed by atoms with Gasteiger partial charge in [0.1, 0.15) is 0 Å². The van der Waals surface area contributed by atoms with Crippen LogP contribution in [-0.4, -0.2) is 18.0 Å². The van der Waals surface area contributed by atoms with Crippen LogP contribution in [0, 0.1) is 5.41 Å². The lowest BCUT2D eigenvalue weighted by atomic mass is 9.52. The van der Waals surface area contributed by atoms with Crippen LogP contribution in [0.1, 0.15) is 135 Å².